The van der Waals surface area contributed by atoms with E-state index in [1.54, 1.807) is 30.3 Å². The Morgan fingerprint density at radius 1 is 0.765 bits per heavy atom. The van der Waals surface area contributed by atoms with Crippen LogP contribution in [0.1, 0.15) is 5.56 Å². The second kappa shape index (κ2) is 5.07. The van der Waals surface area contributed by atoms with Crippen molar-refractivity contribution in [1.29, 1.82) is 0 Å². The van der Waals surface area contributed by atoms with E-state index in [0.29, 0.717) is 20.1 Å². The lowest BCUT2D eigenvalue weighted by Crippen LogP contribution is -1.87. The zero-order valence-corrected chi connectivity index (χ0v) is 11.9. The normalized spacial score (nSPS) is 10.6. The third kappa shape index (κ3) is 2.56. The largest absolute Gasteiger partial charge is 0.0836 e. The summed E-state index contributed by atoms with van der Waals surface area (Å²) >= 11 is 24.3. The first kappa shape index (κ1) is 13.0. The van der Waals surface area contributed by atoms with Crippen LogP contribution in [0.4, 0.5) is 0 Å². The molecule has 88 valence electrons. The van der Waals surface area contributed by atoms with Crippen LogP contribution in [0.2, 0.25) is 20.1 Å². The van der Waals surface area contributed by atoms with E-state index in [1.807, 2.05) is 6.92 Å². The highest BCUT2D eigenvalue weighted by Gasteiger charge is 2.12. The molecule has 0 spiro atoms. The molecule has 2 aromatic carbocycles. The monoisotopic (exact) mass is 304 g/mol. The zero-order valence-electron chi connectivity index (χ0n) is 8.90. The Bertz CT molecular complexity index is 556. The molecule has 2 rings (SSSR count). The number of hydrogen-bond acceptors (Lipinski definition) is 0. The molecule has 0 aliphatic rings. The van der Waals surface area contributed by atoms with Crippen molar-refractivity contribution >= 4 is 46.4 Å². The maximum Gasteiger partial charge on any atom is 0.0598 e. The minimum atomic E-state index is 0.489. The van der Waals surface area contributed by atoms with Crippen molar-refractivity contribution in [2.24, 2.45) is 0 Å². The van der Waals surface area contributed by atoms with Crippen LogP contribution < -0.4 is 0 Å². The van der Waals surface area contributed by atoms with Gasteiger partial charge in [0, 0.05) is 15.6 Å². The Hall–Kier alpha value is -0.400. The lowest BCUT2D eigenvalue weighted by atomic mass is 10.0. The van der Waals surface area contributed by atoms with E-state index in [2.05, 4.69) is 0 Å². The highest BCUT2D eigenvalue weighted by molar-refractivity contribution is 6.43. The lowest BCUT2D eigenvalue weighted by molar-refractivity contribution is 1.46. The van der Waals surface area contributed by atoms with Gasteiger partial charge in [0.15, 0.2) is 0 Å². The summed E-state index contributed by atoms with van der Waals surface area (Å²) in [6.07, 6.45) is 0. The summed E-state index contributed by atoms with van der Waals surface area (Å²) in [5, 5.41) is 2.21. The van der Waals surface area contributed by atoms with Gasteiger partial charge in [0.2, 0.25) is 0 Å². The average Bonchev–Trinajstić information content (AvgIpc) is 2.25. The smallest absolute Gasteiger partial charge is 0.0598 e. The molecule has 0 saturated heterocycles. The fourth-order valence-corrected chi connectivity index (χ4v) is 2.65. The SMILES string of the molecule is Cc1cc(Cl)c(Cl)cc1-c1c(Cl)cccc1Cl. The van der Waals surface area contributed by atoms with Crippen LogP contribution in [0.25, 0.3) is 11.1 Å². The molecule has 0 nitrogen and oxygen atoms in total. The van der Waals surface area contributed by atoms with Crippen molar-refractivity contribution in [1.82, 2.24) is 0 Å². The Morgan fingerprint density at radius 3 is 1.88 bits per heavy atom. The highest BCUT2D eigenvalue weighted by atomic mass is 35.5. The highest BCUT2D eigenvalue weighted by Crippen LogP contribution is 2.39. The number of rotatable bonds is 1. The van der Waals surface area contributed by atoms with Crippen LogP contribution in [0.5, 0.6) is 0 Å². The fourth-order valence-electron chi connectivity index (χ4n) is 1.67. The maximum absolute atomic E-state index is 6.17. The van der Waals surface area contributed by atoms with E-state index in [1.165, 1.54) is 0 Å². The standard InChI is InChI=1S/C13H8Cl4/c1-7-5-11(16)12(17)6-8(7)13-9(14)3-2-4-10(13)15/h2-6H,1H3. The second-order valence-electron chi connectivity index (χ2n) is 3.68. The predicted molar refractivity (Wildman–Crippen MR) is 76.7 cm³/mol. The molecular formula is C13H8Cl4. The van der Waals surface area contributed by atoms with Crippen LogP contribution in [-0.2, 0) is 0 Å². The summed E-state index contributed by atoms with van der Waals surface area (Å²) in [6.45, 7) is 1.94. The summed E-state index contributed by atoms with van der Waals surface area (Å²) in [5.41, 5.74) is 2.66. The lowest BCUT2D eigenvalue weighted by Gasteiger charge is -2.11. The summed E-state index contributed by atoms with van der Waals surface area (Å²) in [5.74, 6) is 0. The molecule has 0 unspecified atom stereocenters. The first-order chi connectivity index (χ1) is 8.00. The zero-order chi connectivity index (χ0) is 12.6. The first-order valence-corrected chi connectivity index (χ1v) is 6.42. The van der Waals surface area contributed by atoms with Crippen molar-refractivity contribution in [3.05, 3.63) is 56.0 Å². The van der Waals surface area contributed by atoms with E-state index in [0.717, 1.165) is 16.7 Å². The molecule has 2 aromatic rings. The van der Waals surface area contributed by atoms with E-state index in [-0.39, 0.29) is 0 Å². The van der Waals surface area contributed by atoms with Crippen molar-refractivity contribution in [2.45, 2.75) is 6.92 Å². The molecule has 4 heteroatoms. The van der Waals surface area contributed by atoms with E-state index in [9.17, 15) is 0 Å². The van der Waals surface area contributed by atoms with Gasteiger partial charge in [-0.2, -0.15) is 0 Å². The molecule has 17 heavy (non-hydrogen) atoms. The van der Waals surface area contributed by atoms with Crippen LogP contribution >= 0.6 is 46.4 Å². The van der Waals surface area contributed by atoms with Crippen molar-refractivity contribution < 1.29 is 0 Å². The van der Waals surface area contributed by atoms with Gasteiger partial charge in [-0.1, -0.05) is 52.5 Å². The molecule has 0 heterocycles. The predicted octanol–water partition coefficient (Wildman–Crippen LogP) is 6.28. The van der Waals surface area contributed by atoms with Crippen LogP contribution in [-0.4, -0.2) is 0 Å². The second-order valence-corrected chi connectivity index (χ2v) is 5.31. The Labute approximate surface area is 120 Å². The number of halogens is 4. The molecule has 0 saturated carbocycles. The number of hydrogen-bond donors (Lipinski definition) is 0. The molecule has 0 atom stereocenters. The van der Waals surface area contributed by atoms with Crippen molar-refractivity contribution in [3.63, 3.8) is 0 Å². The molecule has 0 aliphatic heterocycles. The maximum atomic E-state index is 6.17. The minimum absolute atomic E-state index is 0.489. The minimum Gasteiger partial charge on any atom is -0.0836 e. The van der Waals surface area contributed by atoms with Crippen LogP contribution in [0.15, 0.2) is 30.3 Å². The molecular weight excluding hydrogens is 298 g/mol. The topological polar surface area (TPSA) is 0 Å². The van der Waals surface area contributed by atoms with Gasteiger partial charge < -0.3 is 0 Å². The van der Waals surface area contributed by atoms with Gasteiger partial charge in [-0.05, 0) is 42.3 Å². The summed E-state index contributed by atoms with van der Waals surface area (Å²) in [6, 6.07) is 8.99. The Kier molecular flexibility index (Phi) is 3.89. The molecule has 0 amide bonds. The van der Waals surface area contributed by atoms with Gasteiger partial charge in [0.05, 0.1) is 10.0 Å². The summed E-state index contributed by atoms with van der Waals surface area (Å²) < 4.78 is 0. The molecule has 0 radical (unpaired) electrons. The van der Waals surface area contributed by atoms with Crippen molar-refractivity contribution in [2.75, 3.05) is 0 Å². The average molecular weight is 306 g/mol. The van der Waals surface area contributed by atoms with Gasteiger partial charge in [0.1, 0.15) is 0 Å². The van der Waals surface area contributed by atoms with Crippen molar-refractivity contribution in [3.8, 4) is 11.1 Å². The van der Waals surface area contributed by atoms with Crippen LogP contribution in [0.3, 0.4) is 0 Å². The van der Waals surface area contributed by atoms with E-state index in [4.69, 9.17) is 46.4 Å². The third-order valence-electron chi connectivity index (χ3n) is 2.50. The Balaban J connectivity index is 2.73. The van der Waals surface area contributed by atoms with Gasteiger partial charge in [-0.15, -0.1) is 0 Å². The van der Waals surface area contributed by atoms with Gasteiger partial charge in [0.25, 0.3) is 0 Å². The molecule has 0 bridgehead atoms. The Morgan fingerprint density at radius 2 is 1.29 bits per heavy atom. The summed E-state index contributed by atoms with van der Waals surface area (Å²) in [4.78, 5) is 0. The van der Waals surface area contributed by atoms with E-state index >= 15 is 0 Å². The molecule has 0 fully saturated rings. The van der Waals surface area contributed by atoms with Crippen LogP contribution in [0, 0.1) is 6.92 Å². The van der Waals surface area contributed by atoms with Gasteiger partial charge >= 0.3 is 0 Å². The molecule has 0 N–H and O–H groups in total. The fraction of sp³-hybridized carbons (Fsp3) is 0.0769. The number of aryl methyl sites for hydroxylation is 1. The van der Waals surface area contributed by atoms with Gasteiger partial charge in [-0.3, -0.25) is 0 Å². The van der Waals surface area contributed by atoms with E-state index < -0.39 is 0 Å². The third-order valence-corrected chi connectivity index (χ3v) is 3.85. The summed E-state index contributed by atoms with van der Waals surface area (Å²) in [7, 11) is 0. The van der Waals surface area contributed by atoms with Gasteiger partial charge in [-0.25, -0.2) is 0 Å². The number of benzene rings is 2. The quantitative estimate of drug-likeness (QED) is 0.582. The molecule has 0 aliphatic carbocycles. The molecule has 0 aromatic heterocycles. The first-order valence-electron chi connectivity index (χ1n) is 4.90.